The second-order valence-corrected chi connectivity index (χ2v) is 7.66. The molecule has 0 aromatic heterocycles. The number of rotatable bonds is 6. The van der Waals surface area contributed by atoms with Gasteiger partial charge in [0.1, 0.15) is 11.4 Å². The molecule has 0 saturated heterocycles. The third-order valence-corrected chi connectivity index (χ3v) is 5.30. The van der Waals surface area contributed by atoms with Gasteiger partial charge in [0.2, 0.25) is 0 Å². The third kappa shape index (κ3) is 3.94. The Bertz CT molecular complexity index is 1150. The fraction of sp³-hybridized carbons (Fsp3) is 0.154. The molecule has 1 aliphatic rings. The van der Waals surface area contributed by atoms with Gasteiger partial charge in [0.15, 0.2) is 0 Å². The van der Waals surface area contributed by atoms with Crippen molar-refractivity contribution in [3.8, 4) is 5.75 Å². The zero-order valence-electron chi connectivity index (χ0n) is 17.8. The standard InChI is InChI=1S/C26H24N2O3/c1-17(2)18-12-14-20(15-13-18)27-24-23(19-8-5-4-6-9-19)25(29)28(26(24)30)21-10-7-11-22(16-21)31-3/h4-17,27H,1-3H3. The number of carbonyl (C=O) groups is 2. The van der Waals surface area contributed by atoms with E-state index >= 15 is 0 Å². The van der Waals surface area contributed by atoms with E-state index in [1.54, 1.807) is 31.4 Å². The molecule has 2 amide bonds. The minimum absolute atomic E-state index is 0.260. The molecule has 5 heteroatoms. The minimum Gasteiger partial charge on any atom is -0.497 e. The van der Waals surface area contributed by atoms with E-state index in [9.17, 15) is 9.59 Å². The minimum atomic E-state index is -0.398. The lowest BCUT2D eigenvalue weighted by Gasteiger charge is -2.16. The van der Waals surface area contributed by atoms with E-state index < -0.39 is 5.91 Å². The van der Waals surface area contributed by atoms with Crippen LogP contribution in [-0.2, 0) is 9.59 Å². The molecule has 0 spiro atoms. The van der Waals surface area contributed by atoms with Crippen LogP contribution < -0.4 is 15.0 Å². The Balaban J connectivity index is 1.76. The van der Waals surface area contributed by atoms with Crippen LogP contribution in [0.4, 0.5) is 11.4 Å². The van der Waals surface area contributed by atoms with E-state index in [0.29, 0.717) is 28.5 Å². The maximum Gasteiger partial charge on any atom is 0.282 e. The summed E-state index contributed by atoms with van der Waals surface area (Å²) in [6, 6.07) is 24.1. The molecule has 0 radical (unpaired) electrons. The number of anilines is 2. The predicted molar refractivity (Wildman–Crippen MR) is 123 cm³/mol. The lowest BCUT2D eigenvalue weighted by atomic mass is 10.0. The van der Waals surface area contributed by atoms with Gasteiger partial charge >= 0.3 is 0 Å². The van der Waals surface area contributed by atoms with Gasteiger partial charge in [0.25, 0.3) is 11.8 Å². The molecule has 3 aromatic rings. The SMILES string of the molecule is COc1cccc(N2C(=O)C(Nc3ccc(C(C)C)cc3)=C(c3ccccc3)C2=O)c1. The third-order valence-electron chi connectivity index (χ3n) is 5.30. The number of imide groups is 1. The van der Waals surface area contributed by atoms with Gasteiger partial charge in [-0.25, -0.2) is 4.90 Å². The summed E-state index contributed by atoms with van der Waals surface area (Å²) in [7, 11) is 1.55. The van der Waals surface area contributed by atoms with Crippen LogP contribution in [-0.4, -0.2) is 18.9 Å². The van der Waals surface area contributed by atoms with Crippen LogP contribution in [0.5, 0.6) is 5.75 Å². The van der Waals surface area contributed by atoms with E-state index in [0.717, 1.165) is 5.69 Å². The average molecular weight is 412 g/mol. The molecule has 5 nitrogen and oxygen atoms in total. The van der Waals surface area contributed by atoms with Crippen molar-refractivity contribution < 1.29 is 14.3 Å². The largest absolute Gasteiger partial charge is 0.497 e. The second-order valence-electron chi connectivity index (χ2n) is 7.66. The van der Waals surface area contributed by atoms with E-state index in [1.165, 1.54) is 10.5 Å². The Kier molecular flexibility index (Phi) is 5.58. The van der Waals surface area contributed by atoms with Crippen molar-refractivity contribution in [2.24, 2.45) is 0 Å². The van der Waals surface area contributed by atoms with Crippen LogP contribution in [0.2, 0.25) is 0 Å². The quantitative estimate of drug-likeness (QED) is 0.564. The molecule has 1 N–H and O–H groups in total. The lowest BCUT2D eigenvalue weighted by molar-refractivity contribution is -0.120. The Morgan fingerprint density at radius 2 is 1.55 bits per heavy atom. The molecule has 0 saturated carbocycles. The molecule has 156 valence electrons. The van der Waals surface area contributed by atoms with Crippen LogP contribution >= 0.6 is 0 Å². The normalized spacial score (nSPS) is 13.9. The van der Waals surface area contributed by atoms with Gasteiger partial charge in [0, 0.05) is 11.8 Å². The van der Waals surface area contributed by atoms with Crippen molar-refractivity contribution in [3.63, 3.8) is 0 Å². The van der Waals surface area contributed by atoms with Gasteiger partial charge < -0.3 is 10.1 Å². The van der Waals surface area contributed by atoms with Gasteiger partial charge in [-0.1, -0.05) is 62.4 Å². The molecule has 0 fully saturated rings. The maximum atomic E-state index is 13.4. The highest BCUT2D eigenvalue weighted by Crippen LogP contribution is 2.35. The Hall–Kier alpha value is -3.86. The second kappa shape index (κ2) is 8.48. The summed E-state index contributed by atoms with van der Waals surface area (Å²) < 4.78 is 5.27. The molecular formula is C26H24N2O3. The zero-order valence-corrected chi connectivity index (χ0v) is 17.8. The summed E-state index contributed by atoms with van der Waals surface area (Å²) >= 11 is 0. The van der Waals surface area contributed by atoms with Crippen molar-refractivity contribution in [1.82, 2.24) is 0 Å². The number of amides is 2. The van der Waals surface area contributed by atoms with Crippen molar-refractivity contribution >= 4 is 28.8 Å². The molecule has 31 heavy (non-hydrogen) atoms. The highest BCUT2D eigenvalue weighted by molar-refractivity contribution is 6.46. The summed E-state index contributed by atoms with van der Waals surface area (Å²) in [5.41, 5.74) is 3.72. The summed E-state index contributed by atoms with van der Waals surface area (Å²) in [6.07, 6.45) is 0. The predicted octanol–water partition coefficient (Wildman–Crippen LogP) is 5.22. The Morgan fingerprint density at radius 3 is 2.19 bits per heavy atom. The van der Waals surface area contributed by atoms with E-state index in [2.05, 4.69) is 19.2 Å². The molecule has 0 atom stereocenters. The number of nitrogens with one attached hydrogen (secondary N) is 1. The number of benzene rings is 3. The van der Waals surface area contributed by atoms with Crippen molar-refractivity contribution in [2.45, 2.75) is 19.8 Å². The summed E-state index contributed by atoms with van der Waals surface area (Å²) in [4.78, 5) is 28.0. The van der Waals surface area contributed by atoms with Crippen molar-refractivity contribution in [1.29, 1.82) is 0 Å². The zero-order chi connectivity index (χ0) is 22.0. The van der Waals surface area contributed by atoms with Crippen LogP contribution in [0.15, 0.2) is 84.6 Å². The van der Waals surface area contributed by atoms with Gasteiger partial charge in [-0.15, -0.1) is 0 Å². The van der Waals surface area contributed by atoms with Crippen molar-refractivity contribution in [2.75, 3.05) is 17.3 Å². The summed E-state index contributed by atoms with van der Waals surface area (Å²) in [5.74, 6) is 0.215. The molecule has 0 unspecified atom stereocenters. The summed E-state index contributed by atoms with van der Waals surface area (Å²) in [5, 5.41) is 3.20. The Labute approximate surface area is 182 Å². The topological polar surface area (TPSA) is 58.6 Å². The molecule has 1 heterocycles. The lowest BCUT2D eigenvalue weighted by Crippen LogP contribution is -2.32. The number of nitrogens with zero attached hydrogens (tertiary/aromatic N) is 1. The average Bonchev–Trinajstić information content (AvgIpc) is 3.04. The number of hydrogen-bond acceptors (Lipinski definition) is 4. The fourth-order valence-electron chi connectivity index (χ4n) is 3.60. The first-order chi connectivity index (χ1) is 15.0. The number of hydrogen-bond donors (Lipinski definition) is 1. The number of methoxy groups -OCH3 is 1. The first-order valence-electron chi connectivity index (χ1n) is 10.2. The molecule has 0 aliphatic carbocycles. The Morgan fingerprint density at radius 1 is 0.839 bits per heavy atom. The van der Waals surface area contributed by atoms with Crippen LogP contribution in [0.3, 0.4) is 0 Å². The molecule has 1 aliphatic heterocycles. The molecule has 3 aromatic carbocycles. The summed E-state index contributed by atoms with van der Waals surface area (Å²) in [6.45, 7) is 4.26. The number of ether oxygens (including phenoxy) is 1. The van der Waals surface area contributed by atoms with E-state index in [1.807, 2.05) is 54.6 Å². The van der Waals surface area contributed by atoms with Gasteiger partial charge in [-0.2, -0.15) is 0 Å². The maximum absolute atomic E-state index is 13.4. The van der Waals surface area contributed by atoms with Gasteiger partial charge in [0.05, 0.1) is 18.4 Å². The molecule has 4 rings (SSSR count). The van der Waals surface area contributed by atoms with Gasteiger partial charge in [-0.3, -0.25) is 9.59 Å². The fourth-order valence-corrected chi connectivity index (χ4v) is 3.60. The van der Waals surface area contributed by atoms with Crippen LogP contribution in [0.1, 0.15) is 30.9 Å². The van der Waals surface area contributed by atoms with Crippen LogP contribution in [0, 0.1) is 0 Å². The first-order valence-corrected chi connectivity index (χ1v) is 10.2. The van der Waals surface area contributed by atoms with Crippen LogP contribution in [0.25, 0.3) is 5.57 Å². The first kappa shape index (κ1) is 20.4. The van der Waals surface area contributed by atoms with Crippen molar-refractivity contribution in [3.05, 3.63) is 95.7 Å². The molecule has 0 bridgehead atoms. The molecular weight excluding hydrogens is 388 g/mol. The van der Waals surface area contributed by atoms with E-state index in [-0.39, 0.29) is 11.6 Å². The van der Waals surface area contributed by atoms with E-state index in [4.69, 9.17) is 4.74 Å². The number of carbonyl (C=O) groups excluding carboxylic acids is 2. The van der Waals surface area contributed by atoms with Gasteiger partial charge in [-0.05, 0) is 41.3 Å². The highest BCUT2D eigenvalue weighted by Gasteiger charge is 2.40. The smallest absolute Gasteiger partial charge is 0.282 e. The highest BCUT2D eigenvalue weighted by atomic mass is 16.5. The monoisotopic (exact) mass is 412 g/mol.